The summed E-state index contributed by atoms with van der Waals surface area (Å²) in [5, 5.41) is 0. The van der Waals surface area contributed by atoms with E-state index in [1.807, 2.05) is 0 Å². The third-order valence-corrected chi connectivity index (χ3v) is 10.7. The van der Waals surface area contributed by atoms with Crippen LogP contribution in [0.3, 0.4) is 0 Å². The summed E-state index contributed by atoms with van der Waals surface area (Å²) in [5.74, 6) is 0.818. The summed E-state index contributed by atoms with van der Waals surface area (Å²) in [7, 11) is 0. The average Bonchev–Trinajstić information content (AvgIpc) is 3.13. The van der Waals surface area contributed by atoms with E-state index in [0.717, 1.165) is 69.6 Å². The standard InChI is InChI=1S/C45H86O6/c1-6-9-10-11-12-15-19-25-30-35-43(46)49-38-42(39-50-44(47)36-31-26-22-21-24-29-34-41(5)8-3)51-45(48)37-32-27-20-17-14-13-16-18-23-28-33-40(4)7-2/h40-42H,6-39H2,1-5H3/t40?,41?,42-/m1/s1. The monoisotopic (exact) mass is 723 g/mol. The first kappa shape index (κ1) is 49.4. The highest BCUT2D eigenvalue weighted by Gasteiger charge is 2.19. The molecule has 0 saturated heterocycles. The molecule has 0 rings (SSSR count). The maximum absolute atomic E-state index is 12.7. The Kier molecular flexibility index (Phi) is 37.0. The van der Waals surface area contributed by atoms with Crippen LogP contribution < -0.4 is 0 Å². The minimum absolute atomic E-state index is 0.0659. The van der Waals surface area contributed by atoms with E-state index < -0.39 is 6.10 Å². The van der Waals surface area contributed by atoms with E-state index in [1.54, 1.807) is 0 Å². The van der Waals surface area contributed by atoms with Crippen LogP contribution in [0.15, 0.2) is 0 Å². The highest BCUT2D eigenvalue weighted by atomic mass is 16.6. The highest BCUT2D eigenvalue weighted by Crippen LogP contribution is 2.17. The van der Waals surface area contributed by atoms with Crippen LogP contribution in [-0.4, -0.2) is 37.2 Å². The Hall–Kier alpha value is -1.59. The van der Waals surface area contributed by atoms with Gasteiger partial charge >= 0.3 is 17.9 Å². The Morgan fingerprint density at radius 1 is 0.392 bits per heavy atom. The smallest absolute Gasteiger partial charge is 0.306 e. The molecule has 0 N–H and O–H groups in total. The molecular formula is C45H86O6. The molecular weight excluding hydrogens is 636 g/mol. The van der Waals surface area contributed by atoms with Crippen LogP contribution >= 0.6 is 0 Å². The van der Waals surface area contributed by atoms with Crippen LogP contribution in [-0.2, 0) is 28.6 Å². The van der Waals surface area contributed by atoms with Gasteiger partial charge in [-0.1, -0.05) is 202 Å². The van der Waals surface area contributed by atoms with Gasteiger partial charge in [0.2, 0.25) is 0 Å². The number of unbranched alkanes of at least 4 members (excludes halogenated alkanes) is 22. The van der Waals surface area contributed by atoms with Gasteiger partial charge in [0.05, 0.1) is 0 Å². The summed E-state index contributed by atoms with van der Waals surface area (Å²) in [5.41, 5.74) is 0. The van der Waals surface area contributed by atoms with E-state index in [1.165, 1.54) is 128 Å². The Bertz CT molecular complexity index is 783. The van der Waals surface area contributed by atoms with Crippen molar-refractivity contribution < 1.29 is 28.6 Å². The highest BCUT2D eigenvalue weighted by molar-refractivity contribution is 5.71. The number of carbonyl (C=O) groups excluding carboxylic acids is 3. The number of hydrogen-bond acceptors (Lipinski definition) is 6. The van der Waals surface area contributed by atoms with Gasteiger partial charge in [-0.2, -0.15) is 0 Å². The second-order valence-corrected chi connectivity index (χ2v) is 15.8. The van der Waals surface area contributed by atoms with E-state index in [2.05, 4.69) is 34.6 Å². The largest absolute Gasteiger partial charge is 0.462 e. The van der Waals surface area contributed by atoms with E-state index in [0.29, 0.717) is 19.3 Å². The molecule has 0 heterocycles. The number of esters is 3. The molecule has 0 aromatic carbocycles. The number of hydrogen-bond donors (Lipinski definition) is 0. The summed E-state index contributed by atoms with van der Waals surface area (Å²) in [4.78, 5) is 37.6. The lowest BCUT2D eigenvalue weighted by Gasteiger charge is -2.18. The van der Waals surface area contributed by atoms with Crippen molar-refractivity contribution in [2.75, 3.05) is 13.2 Å². The maximum Gasteiger partial charge on any atom is 0.306 e. The van der Waals surface area contributed by atoms with E-state index in [4.69, 9.17) is 14.2 Å². The molecule has 0 spiro atoms. The van der Waals surface area contributed by atoms with Crippen molar-refractivity contribution in [3.63, 3.8) is 0 Å². The topological polar surface area (TPSA) is 78.9 Å². The van der Waals surface area contributed by atoms with Crippen LogP contribution in [0.5, 0.6) is 0 Å². The third kappa shape index (κ3) is 36.6. The Labute approximate surface area is 317 Å². The van der Waals surface area contributed by atoms with Crippen molar-refractivity contribution in [3.05, 3.63) is 0 Å². The average molecular weight is 723 g/mol. The van der Waals surface area contributed by atoms with Crippen molar-refractivity contribution in [2.24, 2.45) is 11.8 Å². The Morgan fingerprint density at radius 3 is 1.02 bits per heavy atom. The van der Waals surface area contributed by atoms with Gasteiger partial charge in [0.1, 0.15) is 13.2 Å². The van der Waals surface area contributed by atoms with Gasteiger partial charge in [0.25, 0.3) is 0 Å². The molecule has 0 saturated carbocycles. The summed E-state index contributed by atoms with van der Waals surface area (Å²) in [6, 6.07) is 0. The van der Waals surface area contributed by atoms with Gasteiger partial charge in [-0.05, 0) is 31.1 Å². The lowest BCUT2D eigenvalue weighted by atomic mass is 9.99. The second kappa shape index (κ2) is 38.1. The molecule has 302 valence electrons. The van der Waals surface area contributed by atoms with Gasteiger partial charge in [0, 0.05) is 19.3 Å². The summed E-state index contributed by atoms with van der Waals surface area (Å²) >= 11 is 0. The molecule has 2 unspecified atom stereocenters. The van der Waals surface area contributed by atoms with Gasteiger partial charge in [-0.25, -0.2) is 0 Å². The first-order valence-electron chi connectivity index (χ1n) is 22.3. The fourth-order valence-corrected chi connectivity index (χ4v) is 6.51. The molecule has 0 amide bonds. The molecule has 6 heteroatoms. The van der Waals surface area contributed by atoms with Crippen LogP contribution in [0, 0.1) is 11.8 Å². The van der Waals surface area contributed by atoms with Gasteiger partial charge in [-0.3, -0.25) is 14.4 Å². The number of ether oxygens (including phenoxy) is 3. The summed E-state index contributed by atoms with van der Waals surface area (Å²) in [6.07, 6.45) is 35.1. The van der Waals surface area contributed by atoms with E-state index in [-0.39, 0.29) is 31.1 Å². The zero-order chi connectivity index (χ0) is 37.6. The molecule has 6 nitrogen and oxygen atoms in total. The summed E-state index contributed by atoms with van der Waals surface area (Å²) in [6.45, 7) is 11.3. The predicted octanol–water partition coefficient (Wildman–Crippen LogP) is 13.8. The quantitative estimate of drug-likeness (QED) is 0.0357. The third-order valence-electron chi connectivity index (χ3n) is 10.7. The van der Waals surface area contributed by atoms with Crippen LogP contribution in [0.4, 0.5) is 0 Å². The Morgan fingerprint density at radius 2 is 0.686 bits per heavy atom. The molecule has 0 aromatic heterocycles. The normalized spacial score (nSPS) is 13.1. The summed E-state index contributed by atoms with van der Waals surface area (Å²) < 4.78 is 16.7. The maximum atomic E-state index is 12.7. The first-order chi connectivity index (χ1) is 24.8. The fraction of sp³-hybridized carbons (Fsp3) is 0.933. The number of carbonyl (C=O) groups is 3. The van der Waals surface area contributed by atoms with Crippen LogP contribution in [0.2, 0.25) is 0 Å². The zero-order valence-corrected chi connectivity index (χ0v) is 34.7. The van der Waals surface area contributed by atoms with Crippen LogP contribution in [0.25, 0.3) is 0 Å². The molecule has 3 atom stereocenters. The predicted molar refractivity (Wildman–Crippen MR) is 215 cm³/mol. The molecule has 0 radical (unpaired) electrons. The minimum Gasteiger partial charge on any atom is -0.462 e. The van der Waals surface area contributed by atoms with E-state index in [9.17, 15) is 14.4 Å². The van der Waals surface area contributed by atoms with Crippen molar-refractivity contribution in [2.45, 2.75) is 246 Å². The van der Waals surface area contributed by atoms with Crippen molar-refractivity contribution in [1.29, 1.82) is 0 Å². The lowest BCUT2D eigenvalue weighted by molar-refractivity contribution is -0.167. The molecule has 0 aliphatic carbocycles. The fourth-order valence-electron chi connectivity index (χ4n) is 6.51. The molecule has 0 bridgehead atoms. The second-order valence-electron chi connectivity index (χ2n) is 15.8. The molecule has 0 aliphatic rings. The van der Waals surface area contributed by atoms with Crippen molar-refractivity contribution >= 4 is 17.9 Å². The molecule has 0 fully saturated rings. The van der Waals surface area contributed by atoms with Crippen molar-refractivity contribution in [3.8, 4) is 0 Å². The SMILES string of the molecule is CCCCCCCCCCCC(=O)OC[C@H](COC(=O)CCCCCCCCC(C)CC)OC(=O)CCCCCCCCCCCCC(C)CC. The molecule has 0 aliphatic heterocycles. The van der Waals surface area contributed by atoms with Gasteiger partial charge in [0.15, 0.2) is 6.10 Å². The minimum atomic E-state index is -0.760. The zero-order valence-electron chi connectivity index (χ0n) is 34.7. The van der Waals surface area contributed by atoms with Gasteiger partial charge < -0.3 is 14.2 Å². The lowest BCUT2D eigenvalue weighted by Crippen LogP contribution is -2.30. The first-order valence-corrected chi connectivity index (χ1v) is 22.3. The Balaban J connectivity index is 4.34. The van der Waals surface area contributed by atoms with Crippen LogP contribution in [0.1, 0.15) is 240 Å². The number of rotatable bonds is 39. The van der Waals surface area contributed by atoms with E-state index >= 15 is 0 Å². The van der Waals surface area contributed by atoms with Crippen molar-refractivity contribution in [1.82, 2.24) is 0 Å². The molecule has 0 aromatic rings. The van der Waals surface area contributed by atoms with Gasteiger partial charge in [-0.15, -0.1) is 0 Å². The molecule has 51 heavy (non-hydrogen) atoms.